The molecule has 12 rings (SSSR count). The Labute approximate surface area is 329 Å². The lowest BCUT2D eigenvalue weighted by Crippen LogP contribution is -2.25. The highest BCUT2D eigenvalue weighted by Gasteiger charge is 2.52. The number of nitrogens with zero attached hydrogens (tertiary/aromatic N) is 1. The molecule has 0 aromatic heterocycles. The van der Waals surface area contributed by atoms with E-state index in [0.29, 0.717) is 0 Å². The summed E-state index contributed by atoms with van der Waals surface area (Å²) in [6.07, 6.45) is 0. The fraction of sp³-hybridized carbons (Fsp3) is 0.127. The first kappa shape index (κ1) is 31.7. The van der Waals surface area contributed by atoms with E-state index >= 15 is 0 Å². The molecule has 4 aliphatic rings. The van der Waals surface area contributed by atoms with Crippen LogP contribution in [0.3, 0.4) is 0 Å². The lowest BCUT2D eigenvalue weighted by molar-refractivity contribution is 0.660. The minimum absolute atomic E-state index is 0.119. The molecule has 264 valence electrons. The second-order valence-corrected chi connectivity index (χ2v) is 17.1. The zero-order valence-electron chi connectivity index (χ0n) is 32.0. The van der Waals surface area contributed by atoms with Gasteiger partial charge in [-0.1, -0.05) is 155 Å². The Morgan fingerprint density at radius 2 is 0.768 bits per heavy atom. The molecule has 0 saturated carbocycles. The third-order valence-corrected chi connectivity index (χ3v) is 13.7. The molecule has 0 N–H and O–H groups in total. The van der Waals surface area contributed by atoms with Crippen molar-refractivity contribution in [3.05, 3.63) is 220 Å². The Morgan fingerprint density at radius 1 is 0.357 bits per heavy atom. The van der Waals surface area contributed by atoms with Gasteiger partial charge in [0.05, 0.1) is 5.41 Å². The highest BCUT2D eigenvalue weighted by molar-refractivity contribution is 5.97. The van der Waals surface area contributed by atoms with Crippen molar-refractivity contribution in [2.24, 2.45) is 0 Å². The average Bonchev–Trinajstić information content (AvgIpc) is 3.86. The van der Waals surface area contributed by atoms with E-state index in [2.05, 4.69) is 202 Å². The van der Waals surface area contributed by atoms with Crippen LogP contribution in [0.2, 0.25) is 0 Å². The van der Waals surface area contributed by atoms with Gasteiger partial charge >= 0.3 is 0 Å². The van der Waals surface area contributed by atoms with E-state index in [1.165, 1.54) is 83.5 Å². The summed E-state index contributed by atoms with van der Waals surface area (Å²) in [5, 5.41) is 0. The molecule has 0 unspecified atom stereocenters. The van der Waals surface area contributed by atoms with Gasteiger partial charge < -0.3 is 4.90 Å². The van der Waals surface area contributed by atoms with Crippen LogP contribution < -0.4 is 4.90 Å². The Balaban J connectivity index is 1.10. The lowest BCUT2D eigenvalue weighted by Gasteiger charge is -2.32. The van der Waals surface area contributed by atoms with Crippen molar-refractivity contribution in [3.8, 4) is 44.5 Å². The smallest absolute Gasteiger partial charge is 0.0732 e. The Kier molecular flexibility index (Phi) is 6.10. The summed E-state index contributed by atoms with van der Waals surface area (Å²) in [5.41, 5.74) is 23.9. The van der Waals surface area contributed by atoms with Gasteiger partial charge in [0.2, 0.25) is 0 Å². The number of anilines is 3. The number of hydrogen-bond acceptors (Lipinski definition) is 1. The normalized spacial score (nSPS) is 15.8. The van der Waals surface area contributed by atoms with Crippen LogP contribution in [0.25, 0.3) is 44.5 Å². The summed E-state index contributed by atoms with van der Waals surface area (Å²) in [4.78, 5) is 2.49. The highest BCUT2D eigenvalue weighted by Crippen LogP contribution is 2.63. The molecule has 0 aliphatic heterocycles. The molecule has 1 spiro atoms. The van der Waals surface area contributed by atoms with Crippen molar-refractivity contribution < 1.29 is 0 Å². The van der Waals surface area contributed by atoms with E-state index in [1.807, 2.05) is 6.07 Å². The van der Waals surface area contributed by atoms with Crippen molar-refractivity contribution in [1.82, 2.24) is 0 Å². The monoisotopic (exact) mass is 713 g/mol. The largest absolute Gasteiger partial charge is 0.310 e. The minimum Gasteiger partial charge on any atom is -0.310 e. The maximum absolute atomic E-state index is 3.63. The first-order chi connectivity index (χ1) is 27.3. The second kappa shape index (κ2) is 10.8. The van der Waals surface area contributed by atoms with Gasteiger partial charge in [0.25, 0.3) is 0 Å². The number of rotatable bonds is 3. The van der Waals surface area contributed by atoms with Gasteiger partial charge in [-0.3, -0.25) is 0 Å². The molecule has 0 bridgehead atoms. The Morgan fingerprint density at radius 3 is 1.30 bits per heavy atom. The summed E-state index contributed by atoms with van der Waals surface area (Å²) >= 11 is 0. The first-order valence-corrected chi connectivity index (χ1v) is 19.9. The predicted molar refractivity (Wildman–Crippen MR) is 230 cm³/mol. The number of benzene rings is 7. The van der Waals surface area contributed by atoms with Crippen LogP contribution in [-0.2, 0) is 16.2 Å². The van der Waals surface area contributed by atoms with E-state index in [1.54, 1.807) is 0 Å². The van der Waals surface area contributed by atoms with Gasteiger partial charge in [0, 0.05) is 33.5 Å². The molecule has 0 saturated heterocycles. The quantitative estimate of drug-likeness (QED) is 0.176. The van der Waals surface area contributed by atoms with Gasteiger partial charge in [-0.2, -0.15) is 0 Å². The van der Waals surface area contributed by atoms with Crippen molar-refractivity contribution in [2.75, 3.05) is 4.90 Å². The predicted octanol–water partition coefficient (Wildman–Crippen LogP) is 13.7. The van der Waals surface area contributed by atoms with E-state index in [9.17, 15) is 0 Å². The zero-order chi connectivity index (χ0) is 37.6. The molecule has 0 radical (unpaired) electrons. The van der Waals surface area contributed by atoms with Crippen LogP contribution in [0.4, 0.5) is 17.1 Å². The third-order valence-electron chi connectivity index (χ3n) is 13.7. The second-order valence-electron chi connectivity index (χ2n) is 17.1. The lowest BCUT2D eigenvalue weighted by atomic mass is 9.71. The van der Waals surface area contributed by atoms with Crippen LogP contribution in [0.5, 0.6) is 0 Å². The van der Waals surface area contributed by atoms with Crippen molar-refractivity contribution in [3.63, 3.8) is 0 Å². The van der Waals surface area contributed by atoms with Gasteiger partial charge in [-0.25, -0.2) is 0 Å². The van der Waals surface area contributed by atoms with E-state index in [4.69, 9.17) is 0 Å². The maximum atomic E-state index is 3.63. The van der Waals surface area contributed by atoms with Gasteiger partial charge in [-0.15, -0.1) is 0 Å². The molecular formula is C55H39N. The molecule has 1 nitrogen and oxygen atoms in total. The summed E-state index contributed by atoms with van der Waals surface area (Å²) in [6, 6.07) is 68.6. The summed E-state index contributed by atoms with van der Waals surface area (Å²) in [6.45, 7) is 9.49. The SMILES string of the molecule is CC1(C)c2ccccc2-c2ccc(N(c3ccc4c(c3)-c3c#cccc3C43c4ccccc4-c4ccccc43)c3ccc4c(c3)C(C)(C)c3ccccc3-4)cc21. The van der Waals surface area contributed by atoms with Crippen LogP contribution in [0.1, 0.15) is 72.2 Å². The van der Waals surface area contributed by atoms with Crippen LogP contribution in [0.15, 0.2) is 164 Å². The summed E-state index contributed by atoms with van der Waals surface area (Å²) < 4.78 is 0. The molecule has 0 fully saturated rings. The molecule has 8 aromatic carbocycles. The van der Waals surface area contributed by atoms with Crippen LogP contribution in [-0.4, -0.2) is 0 Å². The Bertz CT molecular complexity index is 2840. The third kappa shape index (κ3) is 3.82. The Hall–Kier alpha value is -6.62. The summed E-state index contributed by atoms with van der Waals surface area (Å²) in [5.74, 6) is 0. The van der Waals surface area contributed by atoms with E-state index in [-0.39, 0.29) is 10.8 Å². The van der Waals surface area contributed by atoms with Crippen LogP contribution in [0, 0.1) is 12.1 Å². The highest BCUT2D eigenvalue weighted by atomic mass is 15.1. The molecule has 4 aliphatic carbocycles. The van der Waals surface area contributed by atoms with Crippen molar-refractivity contribution in [1.29, 1.82) is 0 Å². The number of fused-ring (bicyclic) bond motifs is 16. The minimum atomic E-state index is -0.417. The molecule has 1 heteroatoms. The molecule has 0 atom stereocenters. The molecule has 0 heterocycles. The van der Waals surface area contributed by atoms with Crippen molar-refractivity contribution >= 4 is 17.1 Å². The zero-order valence-corrected chi connectivity index (χ0v) is 32.0. The molecule has 8 aromatic rings. The summed E-state index contributed by atoms with van der Waals surface area (Å²) in [7, 11) is 0. The van der Waals surface area contributed by atoms with E-state index < -0.39 is 5.41 Å². The number of hydrogen-bond donors (Lipinski definition) is 0. The van der Waals surface area contributed by atoms with E-state index in [0.717, 1.165) is 22.6 Å². The van der Waals surface area contributed by atoms with Gasteiger partial charge in [0.1, 0.15) is 0 Å². The topological polar surface area (TPSA) is 3.24 Å². The fourth-order valence-electron chi connectivity index (χ4n) is 11.2. The van der Waals surface area contributed by atoms with Crippen molar-refractivity contribution in [2.45, 2.75) is 43.9 Å². The first-order valence-electron chi connectivity index (χ1n) is 19.9. The average molecular weight is 714 g/mol. The maximum Gasteiger partial charge on any atom is 0.0732 e. The van der Waals surface area contributed by atoms with Gasteiger partial charge in [-0.05, 0) is 132 Å². The van der Waals surface area contributed by atoms with Crippen LogP contribution >= 0.6 is 0 Å². The molecule has 0 amide bonds. The van der Waals surface area contributed by atoms with Gasteiger partial charge in [0.15, 0.2) is 0 Å². The molecule has 56 heavy (non-hydrogen) atoms. The standard InChI is InChI=1S/C55H39N/c1-53(2)45-20-10-5-15-37(45)42-28-25-35(32-51(42)53)56(36-26-29-43-38-16-6-11-21-46(38)54(3,4)52(43)33-36)34-27-30-50-44(31-34)41-19-9-14-24-49(41)55(50)47-22-12-7-17-39(47)40-18-8-13-23-48(40)55/h5-8,10-18,20-33H,1-4H3. The molecular weight excluding hydrogens is 675 g/mol. The fourth-order valence-corrected chi connectivity index (χ4v) is 11.2.